The molecule has 54 heavy (non-hydrogen) atoms. The second-order valence-electron chi connectivity index (χ2n) is 13.1. The Hall–Kier alpha value is -5.34. The standard InChI is InChI=1S/C40H46F3N7O4/c1-4-29(37(51)45-27-28-10-8-11-30(24-28)40(41,42)43)25-36(44-2)32-26-31(50-16-6-5-7-17-50)14-15-33(32)47-38(52)34-12-9-13-35(46-34)39(53)48(3)18-19-49-20-22-54-23-21-49/h4,8-15,24-26H,2,5-7,16-23,27H2,1,3H3,(H,45,51)(H,47,52)/b29-4+,36-25-. The first-order valence-electron chi connectivity index (χ1n) is 18.0. The molecule has 2 aliphatic rings. The van der Waals surface area contributed by atoms with Crippen LogP contribution < -0.4 is 15.5 Å². The summed E-state index contributed by atoms with van der Waals surface area (Å²) in [6, 6.07) is 15.0. The smallest absolute Gasteiger partial charge is 0.379 e. The number of allylic oxidation sites excluding steroid dienone is 1. The number of nitrogens with zero attached hydrogens (tertiary/aromatic N) is 5. The van der Waals surface area contributed by atoms with Crippen LogP contribution in [0.15, 0.2) is 83.4 Å². The fourth-order valence-corrected chi connectivity index (χ4v) is 6.26. The average Bonchev–Trinajstić information content (AvgIpc) is 3.20. The Morgan fingerprint density at radius 2 is 1.70 bits per heavy atom. The Bertz CT molecular complexity index is 1880. The number of carbonyl (C=O) groups excluding carboxylic acids is 3. The van der Waals surface area contributed by atoms with E-state index in [1.165, 1.54) is 24.3 Å². The number of rotatable bonds is 13. The third kappa shape index (κ3) is 10.6. The Morgan fingerprint density at radius 3 is 2.41 bits per heavy atom. The largest absolute Gasteiger partial charge is 0.416 e. The molecule has 3 aromatic rings. The molecule has 2 fully saturated rings. The van der Waals surface area contributed by atoms with Crippen LogP contribution in [0.2, 0.25) is 0 Å². The third-order valence-corrected chi connectivity index (χ3v) is 9.39. The molecule has 0 radical (unpaired) electrons. The van der Waals surface area contributed by atoms with Gasteiger partial charge in [0.1, 0.15) is 11.4 Å². The van der Waals surface area contributed by atoms with Gasteiger partial charge in [-0.15, -0.1) is 0 Å². The number of morpholine rings is 1. The van der Waals surface area contributed by atoms with Crippen LogP contribution in [0.1, 0.15) is 63.9 Å². The molecule has 14 heteroatoms. The van der Waals surface area contributed by atoms with Crippen molar-refractivity contribution >= 4 is 41.5 Å². The highest BCUT2D eigenvalue weighted by Gasteiger charge is 2.30. The van der Waals surface area contributed by atoms with Crippen molar-refractivity contribution < 1.29 is 32.3 Å². The van der Waals surface area contributed by atoms with Crippen LogP contribution in [-0.2, 0) is 22.3 Å². The van der Waals surface area contributed by atoms with E-state index in [1.807, 2.05) is 12.1 Å². The lowest BCUT2D eigenvalue weighted by molar-refractivity contribution is -0.137. The van der Waals surface area contributed by atoms with Crippen LogP contribution in [0.4, 0.5) is 24.5 Å². The van der Waals surface area contributed by atoms with Crippen molar-refractivity contribution in [3.8, 4) is 0 Å². The zero-order valence-corrected chi connectivity index (χ0v) is 30.6. The van der Waals surface area contributed by atoms with Gasteiger partial charge in [-0.05, 0) is 87.0 Å². The van der Waals surface area contributed by atoms with Gasteiger partial charge in [0.25, 0.3) is 17.7 Å². The first-order chi connectivity index (χ1) is 26.0. The number of pyridine rings is 1. The predicted octanol–water partition coefficient (Wildman–Crippen LogP) is 6.05. The van der Waals surface area contributed by atoms with E-state index in [2.05, 4.69) is 37.1 Å². The third-order valence-electron chi connectivity index (χ3n) is 9.39. The summed E-state index contributed by atoms with van der Waals surface area (Å²) in [5, 5.41) is 5.60. The number of halogens is 3. The number of alkyl halides is 3. The van der Waals surface area contributed by atoms with Gasteiger partial charge in [-0.3, -0.25) is 24.3 Å². The predicted molar refractivity (Wildman–Crippen MR) is 203 cm³/mol. The number of aliphatic imine (C=N–C) groups is 1. The van der Waals surface area contributed by atoms with Crippen LogP contribution >= 0.6 is 0 Å². The van der Waals surface area contributed by atoms with Crippen molar-refractivity contribution in [1.82, 2.24) is 20.1 Å². The quantitative estimate of drug-likeness (QED) is 0.124. The van der Waals surface area contributed by atoms with Gasteiger partial charge >= 0.3 is 6.18 Å². The molecule has 286 valence electrons. The molecule has 1 aromatic heterocycles. The number of nitrogens with one attached hydrogen (secondary N) is 2. The zero-order chi connectivity index (χ0) is 38.7. The van der Waals surface area contributed by atoms with Crippen molar-refractivity contribution in [2.75, 3.05) is 69.7 Å². The number of hydrogen-bond donors (Lipinski definition) is 2. The van der Waals surface area contributed by atoms with E-state index < -0.39 is 23.6 Å². The summed E-state index contributed by atoms with van der Waals surface area (Å²) in [6.07, 6.45) is 1.78. The number of anilines is 2. The molecule has 0 unspecified atom stereocenters. The molecule has 0 spiro atoms. The van der Waals surface area contributed by atoms with Crippen LogP contribution in [0.5, 0.6) is 0 Å². The Morgan fingerprint density at radius 1 is 0.981 bits per heavy atom. The summed E-state index contributed by atoms with van der Waals surface area (Å²) in [5.74, 6) is -1.40. The maximum atomic E-state index is 13.7. The van der Waals surface area contributed by atoms with E-state index in [1.54, 1.807) is 43.1 Å². The van der Waals surface area contributed by atoms with Crippen molar-refractivity contribution in [2.45, 2.75) is 38.9 Å². The van der Waals surface area contributed by atoms with Crippen molar-refractivity contribution in [1.29, 1.82) is 0 Å². The van der Waals surface area contributed by atoms with Gasteiger partial charge in [-0.2, -0.15) is 13.2 Å². The monoisotopic (exact) mass is 745 g/mol. The maximum absolute atomic E-state index is 13.7. The number of amides is 3. The van der Waals surface area contributed by atoms with E-state index in [-0.39, 0.29) is 40.7 Å². The summed E-state index contributed by atoms with van der Waals surface area (Å²) in [5.41, 5.74) is 1.89. The van der Waals surface area contributed by atoms with E-state index >= 15 is 0 Å². The molecule has 0 aliphatic carbocycles. The molecule has 3 amide bonds. The SMILES string of the molecule is C=N/C(=C\C(=C/C)C(=O)NCc1cccc(C(F)(F)F)c1)c1cc(N2CCCCC2)ccc1NC(=O)c1cccc(C(=O)N(C)CCN2CCOCC2)n1. The minimum absolute atomic E-state index is 0.0358. The van der Waals surface area contributed by atoms with Gasteiger partial charge in [-0.1, -0.05) is 24.3 Å². The first kappa shape index (κ1) is 39.9. The molecular weight excluding hydrogens is 699 g/mol. The lowest BCUT2D eigenvalue weighted by atomic mass is 10.0. The number of carbonyl (C=O) groups is 3. The minimum atomic E-state index is -4.51. The van der Waals surface area contributed by atoms with Crippen LogP contribution in [0, 0.1) is 0 Å². The second-order valence-corrected chi connectivity index (χ2v) is 13.1. The van der Waals surface area contributed by atoms with Gasteiger partial charge in [0.15, 0.2) is 0 Å². The van der Waals surface area contributed by atoms with Gasteiger partial charge in [0, 0.05) is 69.7 Å². The topological polar surface area (TPSA) is 119 Å². The molecule has 2 N–H and O–H groups in total. The maximum Gasteiger partial charge on any atom is 0.416 e. The lowest BCUT2D eigenvalue weighted by Crippen LogP contribution is -2.42. The van der Waals surface area contributed by atoms with Gasteiger partial charge < -0.3 is 25.2 Å². The summed E-state index contributed by atoms with van der Waals surface area (Å²) >= 11 is 0. The second kappa shape index (κ2) is 18.6. The van der Waals surface area contributed by atoms with Gasteiger partial charge in [-0.25, -0.2) is 4.98 Å². The summed E-state index contributed by atoms with van der Waals surface area (Å²) in [7, 11) is 1.70. The van der Waals surface area contributed by atoms with Crippen LogP contribution in [0.3, 0.4) is 0 Å². The molecule has 3 heterocycles. The number of piperidine rings is 1. The normalized spacial score (nSPS) is 15.8. The fraction of sp³-hybridized carbons (Fsp3) is 0.375. The molecule has 5 rings (SSSR count). The summed E-state index contributed by atoms with van der Waals surface area (Å²) in [4.78, 5) is 54.9. The van der Waals surface area contributed by atoms with Gasteiger partial charge in [0.2, 0.25) is 0 Å². The summed E-state index contributed by atoms with van der Waals surface area (Å²) < 4.78 is 45.1. The number of benzene rings is 2. The number of hydrogen-bond acceptors (Lipinski definition) is 8. The zero-order valence-electron chi connectivity index (χ0n) is 30.6. The fourth-order valence-electron chi connectivity index (χ4n) is 6.26. The molecule has 0 bridgehead atoms. The lowest BCUT2D eigenvalue weighted by Gasteiger charge is -2.29. The van der Waals surface area contributed by atoms with Crippen LogP contribution in [-0.4, -0.2) is 98.8 Å². The van der Waals surface area contributed by atoms with E-state index in [9.17, 15) is 27.6 Å². The number of likely N-dealkylation sites (N-methyl/N-ethyl adjacent to an activating group) is 1. The Kier molecular flexibility index (Phi) is 13.7. The van der Waals surface area contributed by atoms with E-state index in [0.717, 1.165) is 63.3 Å². The number of ether oxygens (including phenoxy) is 1. The van der Waals surface area contributed by atoms with Crippen molar-refractivity contribution in [2.24, 2.45) is 4.99 Å². The highest BCUT2D eigenvalue weighted by Crippen LogP contribution is 2.33. The first-order valence-corrected chi connectivity index (χ1v) is 18.0. The molecule has 0 saturated carbocycles. The van der Waals surface area contributed by atoms with Crippen molar-refractivity contribution in [3.63, 3.8) is 0 Å². The molecule has 2 aromatic carbocycles. The Labute approximate surface area is 313 Å². The Balaban J connectivity index is 1.36. The highest BCUT2D eigenvalue weighted by molar-refractivity contribution is 6.06. The average molecular weight is 746 g/mol. The van der Waals surface area contributed by atoms with Gasteiger partial charge in [0.05, 0.1) is 30.2 Å². The van der Waals surface area contributed by atoms with Crippen molar-refractivity contribution in [3.05, 3.63) is 106 Å². The molecule has 0 atom stereocenters. The molecule has 11 nitrogen and oxygen atoms in total. The molecular formula is C40H46F3N7O4. The highest BCUT2D eigenvalue weighted by atomic mass is 19.4. The number of aromatic nitrogens is 1. The minimum Gasteiger partial charge on any atom is -0.379 e. The summed E-state index contributed by atoms with van der Waals surface area (Å²) in [6.45, 7) is 11.1. The molecule has 2 aliphatic heterocycles. The van der Waals surface area contributed by atoms with E-state index in [0.29, 0.717) is 37.6 Å². The van der Waals surface area contributed by atoms with Crippen LogP contribution in [0.25, 0.3) is 5.70 Å². The van der Waals surface area contributed by atoms with E-state index in [4.69, 9.17) is 4.74 Å². The molecule has 2 saturated heterocycles.